The Morgan fingerprint density at radius 2 is 2.04 bits per heavy atom. The highest BCUT2D eigenvalue weighted by Gasteiger charge is 2.40. The molecule has 2 atom stereocenters. The van der Waals surface area contributed by atoms with E-state index in [1.807, 2.05) is 31.2 Å². The van der Waals surface area contributed by atoms with E-state index in [1.165, 1.54) is 24.2 Å². The minimum absolute atomic E-state index is 0.0583. The van der Waals surface area contributed by atoms with Gasteiger partial charge in [-0.1, -0.05) is 29.8 Å². The first-order valence-corrected chi connectivity index (χ1v) is 10.0. The summed E-state index contributed by atoms with van der Waals surface area (Å²) in [5.74, 6) is 0.532. The Kier molecular flexibility index (Phi) is 4.56. The van der Waals surface area contributed by atoms with Crippen LogP contribution in [0.15, 0.2) is 24.3 Å². The number of aryl methyl sites for hydroxylation is 1. The number of rotatable bonds is 3. The Morgan fingerprint density at radius 3 is 2.72 bits per heavy atom. The molecular formula is C19H22ClN3OS. The van der Waals surface area contributed by atoms with E-state index in [0.717, 1.165) is 29.2 Å². The second-order valence-electron chi connectivity index (χ2n) is 7.03. The van der Waals surface area contributed by atoms with Crippen LogP contribution in [-0.4, -0.2) is 41.0 Å². The van der Waals surface area contributed by atoms with Crippen molar-refractivity contribution in [3.05, 3.63) is 40.0 Å². The maximum Gasteiger partial charge on any atom is 0.280 e. The number of thiazole rings is 1. The summed E-state index contributed by atoms with van der Waals surface area (Å²) >= 11 is 7.73. The zero-order chi connectivity index (χ0) is 17.6. The number of nitrogens with one attached hydrogen (secondary N) is 1. The molecule has 132 valence electrons. The highest BCUT2D eigenvalue weighted by Crippen LogP contribution is 2.36. The van der Waals surface area contributed by atoms with Crippen LogP contribution < -0.4 is 5.32 Å². The van der Waals surface area contributed by atoms with Crippen molar-refractivity contribution in [3.63, 3.8) is 0 Å². The molecule has 0 spiro atoms. The number of nitrogens with zero attached hydrogens (tertiary/aromatic N) is 2. The smallest absolute Gasteiger partial charge is 0.280 e. The fourth-order valence-electron chi connectivity index (χ4n) is 4.15. The zero-order valence-corrected chi connectivity index (χ0v) is 16.0. The van der Waals surface area contributed by atoms with Crippen LogP contribution in [0.1, 0.15) is 35.3 Å². The summed E-state index contributed by atoms with van der Waals surface area (Å²) in [6.45, 7) is 6.47. The zero-order valence-electron chi connectivity index (χ0n) is 14.5. The third-order valence-corrected chi connectivity index (χ3v) is 7.10. The normalized spacial score (nSPS) is 28.1. The predicted molar refractivity (Wildman–Crippen MR) is 102 cm³/mol. The first kappa shape index (κ1) is 17.0. The van der Waals surface area contributed by atoms with E-state index in [-0.39, 0.29) is 11.9 Å². The molecule has 5 rings (SSSR count). The van der Waals surface area contributed by atoms with Gasteiger partial charge in [-0.25, -0.2) is 4.98 Å². The van der Waals surface area contributed by atoms with E-state index < -0.39 is 0 Å². The average molecular weight is 376 g/mol. The van der Waals surface area contributed by atoms with Crippen LogP contribution in [0.3, 0.4) is 0 Å². The van der Waals surface area contributed by atoms with Gasteiger partial charge in [-0.15, -0.1) is 11.3 Å². The summed E-state index contributed by atoms with van der Waals surface area (Å²) < 4.78 is 0. The molecule has 25 heavy (non-hydrogen) atoms. The van der Waals surface area contributed by atoms with Crippen molar-refractivity contribution < 1.29 is 4.79 Å². The average Bonchev–Trinajstić information content (AvgIpc) is 3.00. The summed E-state index contributed by atoms with van der Waals surface area (Å²) in [4.78, 5) is 20.8. The number of piperidine rings is 3. The number of amides is 1. The maximum absolute atomic E-state index is 12.8. The SMILES string of the molecule is Cc1nc(C(=O)N[C@@H]2C3CCN(CC3)[C@H]2C)sc1-c1ccccc1Cl. The van der Waals surface area contributed by atoms with Crippen LogP contribution in [0, 0.1) is 12.8 Å². The predicted octanol–water partition coefficient (Wildman–Crippen LogP) is 3.98. The second kappa shape index (κ2) is 6.71. The molecule has 1 N–H and O–H groups in total. The summed E-state index contributed by atoms with van der Waals surface area (Å²) in [5, 5.41) is 4.47. The van der Waals surface area contributed by atoms with Gasteiger partial charge in [-0.05, 0) is 51.8 Å². The van der Waals surface area contributed by atoms with Crippen LogP contribution in [0.4, 0.5) is 0 Å². The van der Waals surface area contributed by atoms with Crippen molar-refractivity contribution >= 4 is 28.8 Å². The molecule has 0 unspecified atom stereocenters. The molecule has 0 aliphatic carbocycles. The fourth-order valence-corrected chi connectivity index (χ4v) is 5.44. The quantitative estimate of drug-likeness (QED) is 0.882. The van der Waals surface area contributed by atoms with E-state index in [4.69, 9.17) is 11.6 Å². The molecular weight excluding hydrogens is 354 g/mol. The first-order valence-electron chi connectivity index (χ1n) is 8.82. The highest BCUT2D eigenvalue weighted by molar-refractivity contribution is 7.17. The van der Waals surface area contributed by atoms with Gasteiger partial charge in [-0.2, -0.15) is 0 Å². The Bertz CT molecular complexity index is 796. The van der Waals surface area contributed by atoms with Crippen LogP contribution in [-0.2, 0) is 0 Å². The minimum atomic E-state index is -0.0583. The molecule has 3 aliphatic rings. The maximum atomic E-state index is 12.8. The third kappa shape index (κ3) is 3.09. The van der Waals surface area contributed by atoms with Crippen molar-refractivity contribution in [1.82, 2.24) is 15.2 Å². The van der Waals surface area contributed by atoms with E-state index >= 15 is 0 Å². The molecule has 3 saturated heterocycles. The molecule has 4 heterocycles. The Hall–Kier alpha value is -1.43. The Labute approximate surface area is 157 Å². The molecule has 0 saturated carbocycles. The summed E-state index contributed by atoms with van der Waals surface area (Å²) in [6.07, 6.45) is 2.36. The molecule has 0 radical (unpaired) electrons. The van der Waals surface area contributed by atoms with Crippen LogP contribution in [0.25, 0.3) is 10.4 Å². The van der Waals surface area contributed by atoms with Gasteiger partial charge in [-0.3, -0.25) is 9.69 Å². The van der Waals surface area contributed by atoms with E-state index in [9.17, 15) is 4.79 Å². The lowest BCUT2D eigenvalue weighted by molar-refractivity contribution is 0.0217. The van der Waals surface area contributed by atoms with Gasteiger partial charge in [0, 0.05) is 22.7 Å². The third-order valence-electron chi connectivity index (χ3n) is 5.58. The number of halogens is 1. The Balaban J connectivity index is 1.56. The highest BCUT2D eigenvalue weighted by atomic mass is 35.5. The molecule has 2 bridgehead atoms. The van der Waals surface area contributed by atoms with Crippen molar-refractivity contribution in [1.29, 1.82) is 0 Å². The van der Waals surface area contributed by atoms with Gasteiger partial charge in [0.2, 0.25) is 0 Å². The van der Waals surface area contributed by atoms with Crippen molar-refractivity contribution in [3.8, 4) is 10.4 Å². The lowest BCUT2D eigenvalue weighted by Gasteiger charge is -2.49. The minimum Gasteiger partial charge on any atom is -0.345 e. The number of aromatic nitrogens is 1. The number of carbonyl (C=O) groups excluding carboxylic acids is 1. The molecule has 6 heteroatoms. The standard InChI is InChI=1S/C19H22ClN3OS/c1-11-17(14-5-3-4-6-15(14)20)25-19(21-11)18(24)22-16-12(2)23-9-7-13(16)8-10-23/h3-6,12-13,16H,7-10H2,1-2H3,(H,22,24)/t12-,16-/m0/s1. The Morgan fingerprint density at radius 1 is 1.32 bits per heavy atom. The van der Waals surface area contributed by atoms with Crippen molar-refractivity contribution in [2.24, 2.45) is 5.92 Å². The van der Waals surface area contributed by atoms with E-state index in [2.05, 4.69) is 22.1 Å². The number of hydrogen-bond donors (Lipinski definition) is 1. The van der Waals surface area contributed by atoms with E-state index in [1.54, 1.807) is 0 Å². The largest absolute Gasteiger partial charge is 0.345 e. The number of benzene rings is 1. The molecule has 2 aromatic rings. The molecule has 1 aromatic carbocycles. The molecule has 4 nitrogen and oxygen atoms in total. The lowest BCUT2D eigenvalue weighted by atomic mass is 9.79. The fraction of sp³-hybridized carbons (Fsp3) is 0.474. The summed E-state index contributed by atoms with van der Waals surface area (Å²) in [7, 11) is 0. The van der Waals surface area contributed by atoms with Crippen LogP contribution >= 0.6 is 22.9 Å². The second-order valence-corrected chi connectivity index (χ2v) is 8.43. The van der Waals surface area contributed by atoms with Crippen LogP contribution in [0.5, 0.6) is 0 Å². The molecule has 3 aliphatic heterocycles. The van der Waals surface area contributed by atoms with Gasteiger partial charge in [0.05, 0.1) is 10.6 Å². The molecule has 3 fully saturated rings. The topological polar surface area (TPSA) is 45.2 Å². The molecule has 1 aromatic heterocycles. The number of carbonyl (C=O) groups is 1. The van der Waals surface area contributed by atoms with Crippen molar-refractivity contribution in [2.75, 3.05) is 13.1 Å². The van der Waals surface area contributed by atoms with Gasteiger partial charge in [0.25, 0.3) is 5.91 Å². The van der Waals surface area contributed by atoms with Crippen LogP contribution in [0.2, 0.25) is 5.02 Å². The molecule has 1 amide bonds. The number of fused-ring (bicyclic) bond motifs is 3. The van der Waals surface area contributed by atoms with Gasteiger partial charge in [0.15, 0.2) is 5.01 Å². The number of hydrogen-bond acceptors (Lipinski definition) is 4. The first-order chi connectivity index (χ1) is 12.0. The van der Waals surface area contributed by atoms with Gasteiger partial charge < -0.3 is 5.32 Å². The van der Waals surface area contributed by atoms with Gasteiger partial charge >= 0.3 is 0 Å². The monoisotopic (exact) mass is 375 g/mol. The lowest BCUT2D eigenvalue weighted by Crippen LogP contribution is -2.62. The van der Waals surface area contributed by atoms with Gasteiger partial charge in [0.1, 0.15) is 0 Å². The summed E-state index contributed by atoms with van der Waals surface area (Å²) in [5.41, 5.74) is 1.79. The van der Waals surface area contributed by atoms with E-state index in [0.29, 0.717) is 22.0 Å². The summed E-state index contributed by atoms with van der Waals surface area (Å²) in [6, 6.07) is 8.33. The van der Waals surface area contributed by atoms with Crippen molar-refractivity contribution in [2.45, 2.75) is 38.8 Å².